The van der Waals surface area contributed by atoms with Crippen LogP contribution in [0.5, 0.6) is 5.75 Å². The van der Waals surface area contributed by atoms with Crippen molar-refractivity contribution in [1.29, 1.82) is 0 Å². The Hall–Kier alpha value is -1.55. The number of hydrogen-bond donors (Lipinski definition) is 1. The van der Waals surface area contributed by atoms with E-state index in [-0.39, 0.29) is 13.0 Å². The van der Waals surface area contributed by atoms with Gasteiger partial charge in [-0.1, -0.05) is 12.5 Å². The number of aliphatic hydroxyl groups is 1. The highest BCUT2D eigenvalue weighted by Crippen LogP contribution is 2.25. The molecule has 1 aliphatic rings. The van der Waals surface area contributed by atoms with E-state index < -0.39 is 12.1 Å². The fourth-order valence-corrected chi connectivity index (χ4v) is 2.60. The van der Waals surface area contributed by atoms with E-state index in [9.17, 15) is 4.79 Å². The van der Waals surface area contributed by atoms with Gasteiger partial charge in [-0.3, -0.25) is 0 Å². The third-order valence-corrected chi connectivity index (χ3v) is 3.70. The van der Waals surface area contributed by atoms with Gasteiger partial charge in [-0.15, -0.1) is 0 Å². The van der Waals surface area contributed by atoms with E-state index in [4.69, 9.17) is 14.6 Å². The molecule has 110 valence electrons. The lowest BCUT2D eigenvalue weighted by atomic mass is 10.0. The van der Waals surface area contributed by atoms with Gasteiger partial charge in [-0.05, 0) is 48.9 Å². The van der Waals surface area contributed by atoms with Gasteiger partial charge in [0.05, 0.1) is 7.11 Å². The zero-order valence-electron chi connectivity index (χ0n) is 11.9. The molecule has 4 heteroatoms. The molecule has 2 rings (SSSR count). The smallest absolute Gasteiger partial charge is 0.347 e. The topological polar surface area (TPSA) is 55.8 Å². The summed E-state index contributed by atoms with van der Waals surface area (Å²) >= 11 is 0. The van der Waals surface area contributed by atoms with Gasteiger partial charge in [0.1, 0.15) is 5.75 Å². The molecule has 1 aliphatic carbocycles. The minimum absolute atomic E-state index is 0.106. The maximum atomic E-state index is 11.6. The first-order valence-corrected chi connectivity index (χ1v) is 7.21. The number of esters is 1. The molecule has 0 bridgehead atoms. The second-order valence-electron chi connectivity index (χ2n) is 5.13. The lowest BCUT2D eigenvalue weighted by molar-refractivity contribution is -0.149. The molecule has 1 N–H and O–H groups in total. The van der Waals surface area contributed by atoms with Gasteiger partial charge in [0, 0.05) is 13.0 Å². The Balaban J connectivity index is 2.12. The van der Waals surface area contributed by atoms with E-state index in [0.717, 1.165) is 12.8 Å². The van der Waals surface area contributed by atoms with Gasteiger partial charge in [0.25, 0.3) is 0 Å². The van der Waals surface area contributed by atoms with E-state index in [0.29, 0.717) is 5.75 Å². The summed E-state index contributed by atoms with van der Waals surface area (Å²) in [6.45, 7) is -0.106. The van der Waals surface area contributed by atoms with Crippen LogP contribution in [0.25, 0.3) is 0 Å². The highest BCUT2D eigenvalue weighted by Gasteiger charge is 2.21. The second-order valence-corrected chi connectivity index (χ2v) is 5.13. The van der Waals surface area contributed by atoms with Gasteiger partial charge < -0.3 is 14.6 Å². The van der Waals surface area contributed by atoms with Gasteiger partial charge >= 0.3 is 5.97 Å². The number of carbonyl (C=O) groups is 1. The molecule has 4 nitrogen and oxygen atoms in total. The van der Waals surface area contributed by atoms with Crippen molar-refractivity contribution in [2.24, 2.45) is 0 Å². The van der Waals surface area contributed by atoms with Crippen molar-refractivity contribution in [2.45, 2.75) is 44.6 Å². The van der Waals surface area contributed by atoms with Crippen molar-refractivity contribution < 1.29 is 19.4 Å². The van der Waals surface area contributed by atoms with Gasteiger partial charge in [0.15, 0.2) is 6.10 Å². The Kier molecular flexibility index (Phi) is 5.41. The molecule has 1 atom stereocenters. The summed E-state index contributed by atoms with van der Waals surface area (Å²) in [5.74, 6) is 0.225. The molecule has 0 fully saturated rings. The summed E-state index contributed by atoms with van der Waals surface area (Å²) in [6, 6.07) is 6.01. The van der Waals surface area contributed by atoms with Crippen LogP contribution in [-0.4, -0.2) is 30.9 Å². The van der Waals surface area contributed by atoms with Gasteiger partial charge in [-0.2, -0.15) is 0 Å². The number of fused-ring (bicyclic) bond motifs is 1. The van der Waals surface area contributed by atoms with Crippen LogP contribution in [0.1, 0.15) is 36.8 Å². The Morgan fingerprint density at radius 1 is 1.25 bits per heavy atom. The summed E-state index contributed by atoms with van der Waals surface area (Å²) in [6.07, 6.45) is 5.39. The van der Waals surface area contributed by atoms with E-state index >= 15 is 0 Å². The predicted octanol–water partition coefficient (Wildman–Crippen LogP) is 2.26. The van der Waals surface area contributed by atoms with Gasteiger partial charge in [-0.25, -0.2) is 4.79 Å². The first kappa shape index (κ1) is 14.9. The minimum atomic E-state index is -0.742. The molecule has 0 amide bonds. The Morgan fingerprint density at radius 3 is 2.70 bits per heavy atom. The third-order valence-electron chi connectivity index (χ3n) is 3.70. The molecular weight excluding hydrogens is 256 g/mol. The standard InChI is InChI=1S/C16H22O4/c1-19-16(18)15(9-10-17)20-14-8-7-12-5-3-2-4-6-13(12)11-14/h7-8,11,15,17H,2-6,9-10H2,1H3. The van der Waals surface area contributed by atoms with Crippen LogP contribution in [0.15, 0.2) is 18.2 Å². The SMILES string of the molecule is COC(=O)C(CCO)Oc1ccc2c(c1)CCCCC2. The number of aryl methyl sites for hydroxylation is 2. The van der Waals surface area contributed by atoms with E-state index in [1.807, 2.05) is 12.1 Å². The highest BCUT2D eigenvalue weighted by atomic mass is 16.6. The molecule has 0 radical (unpaired) electrons. The second kappa shape index (κ2) is 7.29. The largest absolute Gasteiger partial charge is 0.479 e. The van der Waals surface area contributed by atoms with E-state index in [1.165, 1.54) is 37.5 Å². The Morgan fingerprint density at radius 2 is 2.00 bits per heavy atom. The zero-order valence-corrected chi connectivity index (χ0v) is 11.9. The average molecular weight is 278 g/mol. The van der Waals surface area contributed by atoms with Crippen molar-refractivity contribution in [3.63, 3.8) is 0 Å². The van der Waals surface area contributed by atoms with Crippen molar-refractivity contribution in [3.8, 4) is 5.75 Å². The number of benzene rings is 1. The molecule has 0 spiro atoms. The highest BCUT2D eigenvalue weighted by molar-refractivity contribution is 5.74. The average Bonchev–Trinajstić information content (AvgIpc) is 2.70. The van der Waals surface area contributed by atoms with Crippen molar-refractivity contribution in [1.82, 2.24) is 0 Å². The molecule has 1 unspecified atom stereocenters. The van der Waals surface area contributed by atoms with Crippen molar-refractivity contribution in [2.75, 3.05) is 13.7 Å². The number of ether oxygens (including phenoxy) is 2. The number of hydrogen-bond acceptors (Lipinski definition) is 4. The van der Waals surface area contributed by atoms with Crippen LogP contribution in [0.4, 0.5) is 0 Å². The molecule has 0 aliphatic heterocycles. The number of carbonyl (C=O) groups excluding carboxylic acids is 1. The molecule has 0 saturated heterocycles. The van der Waals surface area contributed by atoms with Crippen LogP contribution in [0.2, 0.25) is 0 Å². The summed E-state index contributed by atoms with van der Waals surface area (Å²) in [5, 5.41) is 9.00. The lowest BCUT2D eigenvalue weighted by Gasteiger charge is -2.17. The quantitative estimate of drug-likeness (QED) is 0.663. The first-order valence-electron chi connectivity index (χ1n) is 7.21. The normalized spacial score (nSPS) is 15.9. The summed E-state index contributed by atoms with van der Waals surface area (Å²) in [7, 11) is 1.33. The van der Waals surface area contributed by atoms with E-state index in [2.05, 4.69) is 6.07 Å². The molecule has 1 aromatic carbocycles. The molecule has 0 aromatic heterocycles. The monoisotopic (exact) mass is 278 g/mol. The number of aliphatic hydroxyl groups excluding tert-OH is 1. The third kappa shape index (κ3) is 3.73. The van der Waals surface area contributed by atoms with Crippen LogP contribution in [0, 0.1) is 0 Å². The van der Waals surface area contributed by atoms with Crippen LogP contribution in [0.3, 0.4) is 0 Å². The van der Waals surface area contributed by atoms with Crippen LogP contribution >= 0.6 is 0 Å². The predicted molar refractivity (Wildman–Crippen MR) is 75.8 cm³/mol. The number of methoxy groups -OCH3 is 1. The molecule has 0 heterocycles. The lowest BCUT2D eigenvalue weighted by Crippen LogP contribution is -2.29. The fraction of sp³-hybridized carbons (Fsp3) is 0.562. The van der Waals surface area contributed by atoms with Gasteiger partial charge in [0.2, 0.25) is 0 Å². The van der Waals surface area contributed by atoms with E-state index in [1.54, 1.807) is 0 Å². The minimum Gasteiger partial charge on any atom is -0.479 e. The summed E-state index contributed by atoms with van der Waals surface area (Å²) in [4.78, 5) is 11.6. The Bertz CT molecular complexity index is 456. The van der Waals surface area contributed by atoms with Crippen molar-refractivity contribution >= 4 is 5.97 Å². The molecule has 20 heavy (non-hydrogen) atoms. The fourth-order valence-electron chi connectivity index (χ4n) is 2.60. The van der Waals surface area contributed by atoms with Crippen LogP contribution in [-0.2, 0) is 22.4 Å². The zero-order chi connectivity index (χ0) is 14.4. The number of rotatable bonds is 5. The van der Waals surface area contributed by atoms with Crippen LogP contribution < -0.4 is 4.74 Å². The maximum absolute atomic E-state index is 11.6. The summed E-state index contributed by atoms with van der Waals surface area (Å²) in [5.41, 5.74) is 2.69. The maximum Gasteiger partial charge on any atom is 0.347 e. The first-order chi connectivity index (χ1) is 9.74. The molecule has 0 saturated carbocycles. The van der Waals surface area contributed by atoms with Crippen molar-refractivity contribution in [3.05, 3.63) is 29.3 Å². The summed E-state index contributed by atoms with van der Waals surface area (Å²) < 4.78 is 10.4. The molecule has 1 aromatic rings. The Labute approximate surface area is 119 Å². The molecular formula is C16H22O4.